The molecule has 0 fully saturated rings. The first kappa shape index (κ1) is 19.3. The van der Waals surface area contributed by atoms with Crippen molar-refractivity contribution in [1.82, 2.24) is 5.32 Å². The standard InChI is InChI=1S/C23H29NO3/c1-5-16-11-13-17(14-12-16)26-20(6-2)22(25)24-19-15-23(3,4)27-21-10-8-7-9-18(19)21/h7-14,19-20H,5-6,15H2,1-4H3,(H,24,25)/t19-,20+/m0/s1. The fourth-order valence-electron chi connectivity index (χ4n) is 3.49. The van der Waals surface area contributed by atoms with E-state index in [4.69, 9.17) is 9.47 Å². The minimum absolute atomic E-state index is 0.0856. The molecule has 0 aliphatic carbocycles. The second-order valence-electron chi connectivity index (χ2n) is 7.68. The van der Waals surface area contributed by atoms with Crippen LogP contribution in [0.4, 0.5) is 0 Å². The average Bonchev–Trinajstić information content (AvgIpc) is 2.65. The Morgan fingerprint density at radius 2 is 1.89 bits per heavy atom. The summed E-state index contributed by atoms with van der Waals surface area (Å²) in [6.07, 6.45) is 1.79. The molecule has 3 rings (SSSR count). The van der Waals surface area contributed by atoms with Crippen molar-refractivity contribution in [3.05, 3.63) is 59.7 Å². The third-order valence-electron chi connectivity index (χ3n) is 4.97. The Kier molecular flexibility index (Phi) is 5.73. The lowest BCUT2D eigenvalue weighted by molar-refractivity contribution is -0.129. The second kappa shape index (κ2) is 8.03. The molecule has 0 spiro atoms. The Hall–Kier alpha value is -2.49. The molecular weight excluding hydrogens is 338 g/mol. The van der Waals surface area contributed by atoms with E-state index in [9.17, 15) is 4.79 Å². The van der Waals surface area contributed by atoms with Gasteiger partial charge >= 0.3 is 0 Å². The van der Waals surface area contributed by atoms with E-state index in [2.05, 4.69) is 12.2 Å². The molecule has 0 unspecified atom stereocenters. The summed E-state index contributed by atoms with van der Waals surface area (Å²) in [7, 11) is 0. The molecule has 27 heavy (non-hydrogen) atoms. The summed E-state index contributed by atoms with van der Waals surface area (Å²) in [6.45, 7) is 8.17. The molecule has 2 aromatic rings. The number of para-hydroxylation sites is 1. The number of amides is 1. The third kappa shape index (κ3) is 4.62. The molecular formula is C23H29NO3. The minimum Gasteiger partial charge on any atom is -0.487 e. The summed E-state index contributed by atoms with van der Waals surface area (Å²) in [6, 6.07) is 15.8. The van der Waals surface area contributed by atoms with E-state index in [1.165, 1.54) is 5.56 Å². The Bertz CT molecular complexity index is 782. The smallest absolute Gasteiger partial charge is 0.261 e. The Labute approximate surface area is 161 Å². The van der Waals surface area contributed by atoms with Gasteiger partial charge < -0.3 is 14.8 Å². The molecule has 1 heterocycles. The number of aryl methyl sites for hydroxylation is 1. The van der Waals surface area contributed by atoms with Crippen LogP contribution in [0.1, 0.15) is 57.7 Å². The van der Waals surface area contributed by atoms with Crippen LogP contribution < -0.4 is 14.8 Å². The highest BCUT2D eigenvalue weighted by molar-refractivity contribution is 5.81. The molecule has 0 radical (unpaired) electrons. The summed E-state index contributed by atoms with van der Waals surface area (Å²) in [5.74, 6) is 1.47. The number of fused-ring (bicyclic) bond motifs is 1. The van der Waals surface area contributed by atoms with Crippen LogP contribution in [0, 0.1) is 0 Å². The third-order valence-corrected chi connectivity index (χ3v) is 4.97. The molecule has 0 bridgehead atoms. The van der Waals surface area contributed by atoms with E-state index in [0.717, 1.165) is 29.9 Å². The molecule has 2 aromatic carbocycles. The largest absolute Gasteiger partial charge is 0.487 e. The zero-order chi connectivity index (χ0) is 19.4. The van der Waals surface area contributed by atoms with E-state index in [-0.39, 0.29) is 17.6 Å². The zero-order valence-corrected chi connectivity index (χ0v) is 16.6. The van der Waals surface area contributed by atoms with Crippen molar-refractivity contribution in [1.29, 1.82) is 0 Å². The van der Waals surface area contributed by atoms with Crippen LogP contribution in [0.25, 0.3) is 0 Å². The fraction of sp³-hybridized carbons (Fsp3) is 0.435. The Balaban J connectivity index is 1.72. The average molecular weight is 367 g/mol. The molecule has 0 saturated heterocycles. The van der Waals surface area contributed by atoms with Crippen molar-refractivity contribution in [2.45, 2.75) is 64.7 Å². The number of ether oxygens (including phenoxy) is 2. The van der Waals surface area contributed by atoms with E-state index < -0.39 is 6.10 Å². The van der Waals surface area contributed by atoms with E-state index in [0.29, 0.717) is 6.42 Å². The number of hydrogen-bond donors (Lipinski definition) is 1. The summed E-state index contributed by atoms with van der Waals surface area (Å²) < 4.78 is 12.0. The van der Waals surface area contributed by atoms with Crippen LogP contribution in [0.3, 0.4) is 0 Å². The molecule has 0 aromatic heterocycles. The molecule has 1 amide bonds. The quantitative estimate of drug-likeness (QED) is 0.796. The number of rotatable bonds is 6. The Morgan fingerprint density at radius 3 is 2.56 bits per heavy atom. The highest BCUT2D eigenvalue weighted by Gasteiger charge is 2.35. The fourth-order valence-corrected chi connectivity index (χ4v) is 3.49. The maximum Gasteiger partial charge on any atom is 0.261 e. The molecule has 0 saturated carbocycles. The molecule has 4 nitrogen and oxygen atoms in total. The molecule has 144 valence electrons. The SMILES string of the molecule is CCc1ccc(O[C@H](CC)C(=O)N[C@H]2CC(C)(C)Oc3ccccc32)cc1. The van der Waals surface area contributed by atoms with Crippen LogP contribution >= 0.6 is 0 Å². The van der Waals surface area contributed by atoms with Crippen LogP contribution in [-0.2, 0) is 11.2 Å². The van der Waals surface area contributed by atoms with Crippen molar-refractivity contribution in [3.8, 4) is 11.5 Å². The highest BCUT2D eigenvalue weighted by atomic mass is 16.5. The maximum absolute atomic E-state index is 12.9. The van der Waals surface area contributed by atoms with Crippen LogP contribution in [-0.4, -0.2) is 17.6 Å². The van der Waals surface area contributed by atoms with Crippen molar-refractivity contribution in [2.75, 3.05) is 0 Å². The van der Waals surface area contributed by atoms with Gasteiger partial charge in [-0.05, 0) is 50.5 Å². The molecule has 2 atom stereocenters. The first-order chi connectivity index (χ1) is 12.9. The van der Waals surface area contributed by atoms with E-state index >= 15 is 0 Å². The van der Waals surface area contributed by atoms with Gasteiger partial charge in [-0.1, -0.05) is 44.2 Å². The predicted molar refractivity (Wildman–Crippen MR) is 107 cm³/mol. The highest BCUT2D eigenvalue weighted by Crippen LogP contribution is 2.39. The summed E-state index contributed by atoms with van der Waals surface area (Å²) in [5, 5.41) is 3.18. The topological polar surface area (TPSA) is 47.6 Å². The lowest BCUT2D eigenvalue weighted by Gasteiger charge is -2.38. The molecule has 1 aliphatic rings. The predicted octanol–water partition coefficient (Wildman–Crippen LogP) is 4.83. The van der Waals surface area contributed by atoms with Gasteiger partial charge in [0.05, 0.1) is 6.04 Å². The van der Waals surface area contributed by atoms with Gasteiger partial charge in [-0.2, -0.15) is 0 Å². The van der Waals surface area contributed by atoms with Crippen LogP contribution in [0.5, 0.6) is 11.5 Å². The Morgan fingerprint density at radius 1 is 1.19 bits per heavy atom. The molecule has 1 aliphatic heterocycles. The van der Waals surface area contributed by atoms with Crippen molar-refractivity contribution in [2.24, 2.45) is 0 Å². The van der Waals surface area contributed by atoms with Gasteiger partial charge in [-0.25, -0.2) is 0 Å². The van der Waals surface area contributed by atoms with Crippen molar-refractivity contribution >= 4 is 5.91 Å². The summed E-state index contributed by atoms with van der Waals surface area (Å²) in [5.41, 5.74) is 1.94. The van der Waals surface area contributed by atoms with Crippen LogP contribution in [0.2, 0.25) is 0 Å². The van der Waals surface area contributed by atoms with Gasteiger partial charge in [-0.15, -0.1) is 0 Å². The zero-order valence-electron chi connectivity index (χ0n) is 16.6. The van der Waals surface area contributed by atoms with Crippen LogP contribution in [0.15, 0.2) is 48.5 Å². The van der Waals surface area contributed by atoms with Crippen molar-refractivity contribution < 1.29 is 14.3 Å². The first-order valence-electron chi connectivity index (χ1n) is 9.75. The van der Waals surface area contributed by atoms with Gasteiger partial charge in [0.25, 0.3) is 5.91 Å². The second-order valence-corrected chi connectivity index (χ2v) is 7.68. The van der Waals surface area contributed by atoms with Gasteiger partial charge in [-0.3, -0.25) is 4.79 Å². The number of carbonyl (C=O) groups excluding carboxylic acids is 1. The number of benzene rings is 2. The summed E-state index contributed by atoms with van der Waals surface area (Å²) in [4.78, 5) is 12.9. The number of hydrogen-bond acceptors (Lipinski definition) is 3. The lowest BCUT2D eigenvalue weighted by atomic mass is 9.89. The summed E-state index contributed by atoms with van der Waals surface area (Å²) >= 11 is 0. The molecule has 1 N–H and O–H groups in total. The molecule has 4 heteroatoms. The van der Waals surface area contributed by atoms with Crippen molar-refractivity contribution in [3.63, 3.8) is 0 Å². The number of carbonyl (C=O) groups is 1. The monoisotopic (exact) mass is 367 g/mol. The van der Waals surface area contributed by atoms with Gasteiger partial charge in [0.2, 0.25) is 0 Å². The van der Waals surface area contributed by atoms with Gasteiger partial charge in [0, 0.05) is 12.0 Å². The first-order valence-corrected chi connectivity index (χ1v) is 9.75. The minimum atomic E-state index is -0.518. The lowest BCUT2D eigenvalue weighted by Crippen LogP contribution is -2.45. The normalized spacial score (nSPS) is 18.7. The maximum atomic E-state index is 12.9. The van der Waals surface area contributed by atoms with Gasteiger partial charge in [0.15, 0.2) is 6.10 Å². The van der Waals surface area contributed by atoms with Gasteiger partial charge in [0.1, 0.15) is 17.1 Å². The number of nitrogens with one attached hydrogen (secondary N) is 1. The van der Waals surface area contributed by atoms with E-state index in [1.807, 2.05) is 69.3 Å². The van der Waals surface area contributed by atoms with E-state index in [1.54, 1.807) is 0 Å².